The van der Waals surface area contributed by atoms with Gasteiger partial charge >= 0.3 is 0 Å². The van der Waals surface area contributed by atoms with Gasteiger partial charge in [-0.3, -0.25) is 0 Å². The third-order valence-electron chi connectivity index (χ3n) is 2.39. The summed E-state index contributed by atoms with van der Waals surface area (Å²) in [5.41, 5.74) is -0.303. The summed E-state index contributed by atoms with van der Waals surface area (Å²) in [7, 11) is 0. The maximum absolute atomic E-state index is 9.56. The maximum atomic E-state index is 9.56. The van der Waals surface area contributed by atoms with Crippen LogP contribution in [0.3, 0.4) is 0 Å². The minimum Gasteiger partial charge on any atom is -0.394 e. The molecule has 0 rings (SSSR count). The SMILES string of the molecule is CC(C)O[C@@H](C)CC(C)(C)[C@@H](O)CO. The van der Waals surface area contributed by atoms with Gasteiger partial charge in [0.25, 0.3) is 0 Å². The van der Waals surface area contributed by atoms with Crippen molar-refractivity contribution in [3.05, 3.63) is 0 Å². The van der Waals surface area contributed by atoms with E-state index < -0.39 is 6.10 Å². The van der Waals surface area contributed by atoms with Crippen molar-refractivity contribution in [3.8, 4) is 0 Å². The fourth-order valence-corrected chi connectivity index (χ4v) is 1.64. The number of hydrogen-bond acceptors (Lipinski definition) is 3. The number of rotatable bonds is 6. The minimum atomic E-state index is -0.680. The molecule has 0 spiro atoms. The van der Waals surface area contributed by atoms with Crippen LogP contribution in [0.5, 0.6) is 0 Å². The average Bonchev–Trinajstić information content (AvgIpc) is 1.99. The number of hydrogen-bond donors (Lipinski definition) is 2. The van der Waals surface area contributed by atoms with Crippen LogP contribution in [0.15, 0.2) is 0 Å². The molecule has 0 aliphatic rings. The van der Waals surface area contributed by atoms with Gasteiger partial charge in [0.2, 0.25) is 0 Å². The molecule has 2 atom stereocenters. The monoisotopic (exact) mass is 204 g/mol. The van der Waals surface area contributed by atoms with E-state index in [1.807, 2.05) is 34.6 Å². The summed E-state index contributed by atoms with van der Waals surface area (Å²) in [4.78, 5) is 0. The van der Waals surface area contributed by atoms with Crippen LogP contribution in [0, 0.1) is 5.41 Å². The zero-order valence-electron chi connectivity index (χ0n) is 9.95. The van der Waals surface area contributed by atoms with Crippen molar-refractivity contribution in [1.29, 1.82) is 0 Å². The Hall–Kier alpha value is -0.120. The van der Waals surface area contributed by atoms with E-state index >= 15 is 0 Å². The molecule has 0 unspecified atom stereocenters. The van der Waals surface area contributed by atoms with Crippen LogP contribution in [-0.2, 0) is 4.74 Å². The van der Waals surface area contributed by atoms with E-state index in [9.17, 15) is 5.11 Å². The number of ether oxygens (including phenoxy) is 1. The Balaban J connectivity index is 4.07. The lowest BCUT2D eigenvalue weighted by Gasteiger charge is -2.32. The minimum absolute atomic E-state index is 0.103. The van der Waals surface area contributed by atoms with Gasteiger partial charge in [-0.05, 0) is 32.6 Å². The Morgan fingerprint density at radius 3 is 2.07 bits per heavy atom. The Morgan fingerprint density at radius 2 is 1.71 bits per heavy atom. The van der Waals surface area contributed by atoms with Crippen molar-refractivity contribution >= 4 is 0 Å². The highest BCUT2D eigenvalue weighted by Gasteiger charge is 2.29. The molecule has 0 bridgehead atoms. The number of aliphatic hydroxyl groups is 2. The highest BCUT2D eigenvalue weighted by molar-refractivity contribution is 4.79. The van der Waals surface area contributed by atoms with Gasteiger partial charge in [-0.25, -0.2) is 0 Å². The maximum Gasteiger partial charge on any atom is 0.0822 e. The van der Waals surface area contributed by atoms with E-state index in [1.54, 1.807) is 0 Å². The molecule has 0 aromatic heterocycles. The lowest BCUT2D eigenvalue weighted by Crippen LogP contribution is -2.36. The first kappa shape index (κ1) is 13.9. The molecule has 0 aromatic carbocycles. The molecule has 0 heterocycles. The van der Waals surface area contributed by atoms with Crippen molar-refractivity contribution in [2.45, 2.75) is 59.4 Å². The fraction of sp³-hybridized carbons (Fsp3) is 1.00. The van der Waals surface area contributed by atoms with E-state index in [0.717, 1.165) is 6.42 Å². The van der Waals surface area contributed by atoms with Crippen LogP contribution in [0.1, 0.15) is 41.0 Å². The molecule has 0 fully saturated rings. The molecule has 14 heavy (non-hydrogen) atoms. The molecule has 0 aliphatic carbocycles. The summed E-state index contributed by atoms with van der Waals surface area (Å²) in [6, 6.07) is 0. The Labute approximate surface area is 87.1 Å². The van der Waals surface area contributed by atoms with Crippen molar-refractivity contribution in [2.24, 2.45) is 5.41 Å². The van der Waals surface area contributed by atoms with Gasteiger partial charge in [-0.1, -0.05) is 13.8 Å². The van der Waals surface area contributed by atoms with E-state index in [1.165, 1.54) is 0 Å². The molecule has 3 heteroatoms. The first-order chi connectivity index (χ1) is 6.29. The summed E-state index contributed by atoms with van der Waals surface area (Å²) in [5.74, 6) is 0. The van der Waals surface area contributed by atoms with Crippen LogP contribution in [0.2, 0.25) is 0 Å². The zero-order valence-corrected chi connectivity index (χ0v) is 9.95. The first-order valence-electron chi connectivity index (χ1n) is 5.24. The number of aliphatic hydroxyl groups excluding tert-OH is 2. The van der Waals surface area contributed by atoms with Crippen LogP contribution in [-0.4, -0.2) is 35.1 Å². The lowest BCUT2D eigenvalue weighted by atomic mass is 9.81. The van der Waals surface area contributed by atoms with Gasteiger partial charge in [0.1, 0.15) is 0 Å². The highest BCUT2D eigenvalue weighted by Crippen LogP contribution is 2.28. The second-order valence-corrected chi connectivity index (χ2v) is 4.89. The van der Waals surface area contributed by atoms with Crippen molar-refractivity contribution in [3.63, 3.8) is 0 Å². The second kappa shape index (κ2) is 5.69. The summed E-state index contributed by atoms with van der Waals surface area (Å²) in [5, 5.41) is 18.4. The third-order valence-corrected chi connectivity index (χ3v) is 2.39. The zero-order chi connectivity index (χ0) is 11.4. The summed E-state index contributed by atoms with van der Waals surface area (Å²) in [6.07, 6.45) is 0.367. The van der Waals surface area contributed by atoms with E-state index in [4.69, 9.17) is 9.84 Å². The molecule has 0 radical (unpaired) electrons. The molecule has 0 saturated carbocycles. The quantitative estimate of drug-likeness (QED) is 0.690. The first-order valence-corrected chi connectivity index (χ1v) is 5.24. The lowest BCUT2D eigenvalue weighted by molar-refractivity contribution is -0.0517. The van der Waals surface area contributed by atoms with Crippen molar-refractivity contribution in [1.82, 2.24) is 0 Å². The van der Waals surface area contributed by atoms with Crippen LogP contribution in [0.25, 0.3) is 0 Å². The Bertz CT molecular complexity index is 155. The van der Waals surface area contributed by atoms with Gasteiger partial charge in [0, 0.05) is 0 Å². The molecule has 2 N–H and O–H groups in total. The third kappa shape index (κ3) is 4.94. The van der Waals surface area contributed by atoms with E-state index in [0.29, 0.717) is 0 Å². The van der Waals surface area contributed by atoms with E-state index in [-0.39, 0.29) is 24.2 Å². The molecule has 0 aromatic rings. The average molecular weight is 204 g/mol. The molecular weight excluding hydrogens is 180 g/mol. The Kier molecular flexibility index (Phi) is 5.64. The van der Waals surface area contributed by atoms with Crippen LogP contribution >= 0.6 is 0 Å². The van der Waals surface area contributed by atoms with Crippen molar-refractivity contribution < 1.29 is 14.9 Å². The molecule has 0 saturated heterocycles. The summed E-state index contributed by atoms with van der Waals surface area (Å²) >= 11 is 0. The van der Waals surface area contributed by atoms with Gasteiger partial charge in [-0.2, -0.15) is 0 Å². The van der Waals surface area contributed by atoms with Gasteiger partial charge in [0.15, 0.2) is 0 Å². The van der Waals surface area contributed by atoms with Crippen LogP contribution in [0.4, 0.5) is 0 Å². The standard InChI is InChI=1S/C11H24O3/c1-8(2)14-9(3)6-11(4,5)10(13)7-12/h8-10,12-13H,6-7H2,1-5H3/t9-,10-/m0/s1. The Morgan fingerprint density at radius 1 is 1.21 bits per heavy atom. The second-order valence-electron chi connectivity index (χ2n) is 4.89. The predicted molar refractivity (Wildman–Crippen MR) is 57.2 cm³/mol. The largest absolute Gasteiger partial charge is 0.394 e. The summed E-state index contributed by atoms with van der Waals surface area (Å²) < 4.78 is 5.59. The van der Waals surface area contributed by atoms with Gasteiger partial charge in [0.05, 0.1) is 24.9 Å². The fourth-order valence-electron chi connectivity index (χ4n) is 1.64. The molecule has 3 nitrogen and oxygen atoms in total. The van der Waals surface area contributed by atoms with Crippen molar-refractivity contribution in [2.75, 3.05) is 6.61 Å². The van der Waals surface area contributed by atoms with Gasteiger partial charge in [-0.15, -0.1) is 0 Å². The highest BCUT2D eigenvalue weighted by atomic mass is 16.5. The molecule has 86 valence electrons. The van der Waals surface area contributed by atoms with Gasteiger partial charge < -0.3 is 14.9 Å². The normalized spacial score (nSPS) is 17.1. The smallest absolute Gasteiger partial charge is 0.0822 e. The predicted octanol–water partition coefficient (Wildman–Crippen LogP) is 1.57. The molecular formula is C11H24O3. The van der Waals surface area contributed by atoms with Crippen LogP contribution < -0.4 is 0 Å². The molecule has 0 amide bonds. The van der Waals surface area contributed by atoms with E-state index in [2.05, 4.69) is 0 Å². The topological polar surface area (TPSA) is 49.7 Å². The molecule has 0 aliphatic heterocycles. The summed E-state index contributed by atoms with van der Waals surface area (Å²) in [6.45, 7) is 9.66.